The Morgan fingerprint density at radius 3 is 2.53 bits per heavy atom. The van der Waals surface area contributed by atoms with E-state index in [0.717, 1.165) is 27.9 Å². The Bertz CT molecular complexity index is 1250. The van der Waals surface area contributed by atoms with Gasteiger partial charge in [-0.05, 0) is 32.2 Å². The lowest BCUT2D eigenvalue weighted by Gasteiger charge is -2.35. The largest absolute Gasteiger partial charge is 0.355 e. The van der Waals surface area contributed by atoms with Gasteiger partial charge in [0.15, 0.2) is 11.5 Å². The van der Waals surface area contributed by atoms with E-state index in [1.165, 1.54) is 0 Å². The Balaban J connectivity index is 1.29. The van der Waals surface area contributed by atoms with Crippen molar-refractivity contribution in [1.82, 2.24) is 29.6 Å². The van der Waals surface area contributed by atoms with Gasteiger partial charge in [-0.2, -0.15) is 0 Å². The summed E-state index contributed by atoms with van der Waals surface area (Å²) in [7, 11) is 0. The molecule has 10 heteroatoms. The summed E-state index contributed by atoms with van der Waals surface area (Å²) in [5, 5.41) is 5.96. The predicted molar refractivity (Wildman–Crippen MR) is 121 cm³/mol. The van der Waals surface area contributed by atoms with Crippen LogP contribution >= 0.6 is 11.3 Å². The van der Waals surface area contributed by atoms with Gasteiger partial charge in [0, 0.05) is 44.0 Å². The molecule has 1 aliphatic rings. The van der Waals surface area contributed by atoms with E-state index in [2.05, 4.69) is 25.0 Å². The van der Waals surface area contributed by atoms with E-state index in [4.69, 9.17) is 4.52 Å². The number of rotatable bonds is 4. The third-order valence-corrected chi connectivity index (χ3v) is 6.58. The van der Waals surface area contributed by atoms with Gasteiger partial charge in [-0.25, -0.2) is 15.0 Å². The second-order valence-electron chi connectivity index (χ2n) is 7.75. The highest BCUT2D eigenvalue weighted by Crippen LogP contribution is 2.26. The van der Waals surface area contributed by atoms with Crippen molar-refractivity contribution in [2.24, 2.45) is 0 Å². The number of piperazine rings is 1. The van der Waals surface area contributed by atoms with Crippen LogP contribution in [0.2, 0.25) is 0 Å². The lowest BCUT2D eigenvalue weighted by Crippen LogP contribution is -2.49. The molecule has 32 heavy (non-hydrogen) atoms. The van der Waals surface area contributed by atoms with Gasteiger partial charge >= 0.3 is 0 Å². The van der Waals surface area contributed by atoms with Crippen LogP contribution in [0.4, 0.5) is 5.82 Å². The molecular weight excluding hydrogens is 426 g/mol. The summed E-state index contributed by atoms with van der Waals surface area (Å²) in [6, 6.07) is 7.58. The quantitative estimate of drug-likeness (QED) is 0.472. The zero-order valence-corrected chi connectivity index (χ0v) is 19.0. The van der Waals surface area contributed by atoms with Crippen LogP contribution in [-0.2, 0) is 0 Å². The van der Waals surface area contributed by atoms with E-state index in [9.17, 15) is 4.79 Å². The molecule has 0 aromatic carbocycles. The van der Waals surface area contributed by atoms with Crippen molar-refractivity contribution in [3.05, 3.63) is 58.9 Å². The first-order chi connectivity index (χ1) is 15.5. The van der Waals surface area contributed by atoms with Crippen LogP contribution in [0.25, 0.3) is 16.5 Å². The molecule has 1 aliphatic heterocycles. The van der Waals surface area contributed by atoms with E-state index in [1.807, 2.05) is 53.8 Å². The maximum atomic E-state index is 12.9. The monoisotopic (exact) mass is 449 g/mol. The zero-order chi connectivity index (χ0) is 22.2. The second kappa shape index (κ2) is 8.19. The molecule has 1 fully saturated rings. The SMILES string of the molecule is Cc1nc(N2CCN(C(=O)c3cc(-c4cccs4)on3)CC2)cc(-n2cnc(C)c2C)n1. The third kappa shape index (κ3) is 3.77. The Hall–Kier alpha value is -3.53. The molecule has 4 aromatic rings. The van der Waals surface area contributed by atoms with Crippen molar-refractivity contribution in [2.45, 2.75) is 20.8 Å². The van der Waals surface area contributed by atoms with Gasteiger partial charge < -0.3 is 14.3 Å². The highest BCUT2D eigenvalue weighted by molar-refractivity contribution is 7.13. The molecule has 1 saturated heterocycles. The highest BCUT2D eigenvalue weighted by atomic mass is 32.1. The maximum absolute atomic E-state index is 12.9. The minimum atomic E-state index is -0.111. The van der Waals surface area contributed by atoms with Crippen molar-refractivity contribution in [3.63, 3.8) is 0 Å². The molecule has 0 saturated carbocycles. The fourth-order valence-electron chi connectivity index (χ4n) is 3.76. The molecule has 5 heterocycles. The van der Waals surface area contributed by atoms with E-state index < -0.39 is 0 Å². The average Bonchev–Trinajstić information content (AvgIpc) is 3.55. The van der Waals surface area contributed by atoms with Crippen LogP contribution in [0.5, 0.6) is 0 Å². The second-order valence-corrected chi connectivity index (χ2v) is 8.70. The summed E-state index contributed by atoms with van der Waals surface area (Å²) in [5.74, 6) is 2.86. The molecule has 0 unspecified atom stereocenters. The number of aryl methyl sites for hydroxylation is 2. The first-order valence-corrected chi connectivity index (χ1v) is 11.3. The minimum Gasteiger partial charge on any atom is -0.355 e. The van der Waals surface area contributed by atoms with Gasteiger partial charge in [0.05, 0.1) is 10.6 Å². The van der Waals surface area contributed by atoms with Gasteiger partial charge in [-0.1, -0.05) is 11.2 Å². The van der Waals surface area contributed by atoms with Crippen molar-refractivity contribution in [3.8, 4) is 16.5 Å². The molecule has 1 amide bonds. The lowest BCUT2D eigenvalue weighted by atomic mass is 10.2. The van der Waals surface area contributed by atoms with Crippen LogP contribution in [0.3, 0.4) is 0 Å². The number of imidazole rings is 1. The number of nitrogens with zero attached hydrogens (tertiary/aromatic N) is 7. The molecule has 0 N–H and O–H groups in total. The van der Waals surface area contributed by atoms with E-state index >= 15 is 0 Å². The van der Waals surface area contributed by atoms with Crippen molar-refractivity contribution < 1.29 is 9.32 Å². The van der Waals surface area contributed by atoms with Crippen molar-refractivity contribution in [1.29, 1.82) is 0 Å². The maximum Gasteiger partial charge on any atom is 0.276 e. The molecule has 164 valence electrons. The molecule has 0 atom stereocenters. The molecule has 0 radical (unpaired) electrons. The van der Waals surface area contributed by atoms with Crippen LogP contribution in [0.1, 0.15) is 27.7 Å². The van der Waals surface area contributed by atoms with Crippen molar-refractivity contribution in [2.75, 3.05) is 31.1 Å². The highest BCUT2D eigenvalue weighted by Gasteiger charge is 2.26. The summed E-state index contributed by atoms with van der Waals surface area (Å²) in [4.78, 5) is 31.4. The summed E-state index contributed by atoms with van der Waals surface area (Å²) in [5.41, 5.74) is 2.37. The number of hydrogen-bond acceptors (Lipinski definition) is 8. The number of carbonyl (C=O) groups excluding carboxylic acids is 1. The number of hydrogen-bond donors (Lipinski definition) is 0. The summed E-state index contributed by atoms with van der Waals surface area (Å²) in [6.07, 6.45) is 1.79. The molecule has 0 bridgehead atoms. The Labute approximate surface area is 189 Å². The molecule has 0 aliphatic carbocycles. The van der Waals surface area contributed by atoms with Gasteiger partial charge in [0.25, 0.3) is 5.91 Å². The lowest BCUT2D eigenvalue weighted by molar-refractivity contribution is 0.0736. The fourth-order valence-corrected chi connectivity index (χ4v) is 4.44. The first kappa shape index (κ1) is 20.4. The van der Waals surface area contributed by atoms with Crippen LogP contribution in [-0.4, -0.2) is 61.7 Å². The van der Waals surface area contributed by atoms with E-state index in [-0.39, 0.29) is 5.91 Å². The molecule has 9 nitrogen and oxygen atoms in total. The molecule has 5 rings (SSSR count). The first-order valence-electron chi connectivity index (χ1n) is 10.4. The molecule has 0 spiro atoms. The predicted octanol–water partition coefficient (Wildman–Crippen LogP) is 3.27. The van der Waals surface area contributed by atoms with Gasteiger partial charge in [-0.3, -0.25) is 9.36 Å². The smallest absolute Gasteiger partial charge is 0.276 e. The topological polar surface area (TPSA) is 93.2 Å². The Morgan fingerprint density at radius 1 is 1.06 bits per heavy atom. The van der Waals surface area contributed by atoms with E-state index in [1.54, 1.807) is 23.7 Å². The Kier molecular flexibility index (Phi) is 5.22. The standard InChI is InChI=1S/C22H23N7O2S/c1-14-15(2)29(13-23-14)21-12-20(24-16(3)25-21)27-6-8-28(9-7-27)22(30)17-11-18(31-26-17)19-5-4-10-32-19/h4-5,10-13H,6-9H2,1-3H3. The minimum absolute atomic E-state index is 0.111. The summed E-state index contributed by atoms with van der Waals surface area (Å²) in [6.45, 7) is 8.43. The number of amides is 1. The molecule has 4 aromatic heterocycles. The average molecular weight is 450 g/mol. The fraction of sp³-hybridized carbons (Fsp3) is 0.318. The van der Waals surface area contributed by atoms with Crippen LogP contribution in [0, 0.1) is 20.8 Å². The molecular formula is C22H23N7O2S. The van der Waals surface area contributed by atoms with Gasteiger partial charge in [-0.15, -0.1) is 11.3 Å². The van der Waals surface area contributed by atoms with Crippen LogP contribution < -0.4 is 4.90 Å². The van der Waals surface area contributed by atoms with Crippen LogP contribution in [0.15, 0.2) is 40.5 Å². The third-order valence-electron chi connectivity index (χ3n) is 5.69. The van der Waals surface area contributed by atoms with Gasteiger partial charge in [0.2, 0.25) is 0 Å². The van der Waals surface area contributed by atoms with Crippen molar-refractivity contribution >= 4 is 23.1 Å². The summed E-state index contributed by atoms with van der Waals surface area (Å²) >= 11 is 1.55. The number of thiophene rings is 1. The van der Waals surface area contributed by atoms with Gasteiger partial charge in [0.1, 0.15) is 23.8 Å². The number of anilines is 1. The van der Waals surface area contributed by atoms with E-state index in [0.29, 0.717) is 43.5 Å². The normalized spacial score (nSPS) is 14.2. The summed E-state index contributed by atoms with van der Waals surface area (Å²) < 4.78 is 7.34. The number of carbonyl (C=O) groups is 1. The Morgan fingerprint density at radius 2 is 1.84 bits per heavy atom. The number of aromatic nitrogens is 5. The zero-order valence-electron chi connectivity index (χ0n) is 18.1.